The number of aliphatic hydroxyl groups is 1. The van der Waals surface area contributed by atoms with Crippen molar-refractivity contribution in [3.63, 3.8) is 0 Å². The number of fused-ring (bicyclic) bond motifs is 2. The van der Waals surface area contributed by atoms with Crippen LogP contribution in [0.5, 0.6) is 5.75 Å². The fraction of sp³-hybridized carbons (Fsp3) is 0.318. The highest BCUT2D eigenvalue weighted by atomic mass is 19.4. The molecule has 1 unspecified atom stereocenters. The van der Waals surface area contributed by atoms with Crippen molar-refractivity contribution < 1.29 is 37.0 Å². The molecule has 4 rings (SSSR count). The summed E-state index contributed by atoms with van der Waals surface area (Å²) in [5.74, 6) is -1.12. The van der Waals surface area contributed by atoms with Crippen molar-refractivity contribution >= 4 is 22.8 Å². The lowest BCUT2D eigenvalue weighted by atomic mass is 10.1. The minimum absolute atomic E-state index is 0.0127. The minimum atomic E-state index is -4.61. The molecule has 0 radical (unpaired) electrons. The number of carbonyl (C=O) groups excluding carboxylic acids is 2. The van der Waals surface area contributed by atoms with Gasteiger partial charge in [-0.3, -0.25) is 14.6 Å². The number of alkyl halides is 3. The van der Waals surface area contributed by atoms with E-state index in [1.807, 2.05) is 0 Å². The molecule has 4 N–H and O–H groups in total. The third kappa shape index (κ3) is 4.23. The molecule has 3 aromatic rings. The first kappa shape index (κ1) is 22.6. The van der Waals surface area contributed by atoms with Gasteiger partial charge in [0.1, 0.15) is 29.2 Å². The summed E-state index contributed by atoms with van der Waals surface area (Å²) < 4.78 is 51.9. The first-order chi connectivity index (χ1) is 15.6. The maximum Gasteiger partial charge on any atom is 0.433 e. The number of hydrogen-bond acceptors (Lipinski definition) is 6. The van der Waals surface area contributed by atoms with Crippen LogP contribution in [0.4, 0.5) is 13.2 Å². The van der Waals surface area contributed by atoms with Crippen molar-refractivity contribution in [2.45, 2.75) is 38.1 Å². The molecular formula is C22H20F3N3O5. The molecule has 1 aliphatic rings. The molecule has 0 aliphatic heterocycles. The number of nitrogens with two attached hydrogens (primary N) is 1. The second-order valence-corrected chi connectivity index (χ2v) is 7.68. The fourth-order valence-corrected chi connectivity index (χ4v) is 4.02. The summed E-state index contributed by atoms with van der Waals surface area (Å²) >= 11 is 0. The van der Waals surface area contributed by atoms with Crippen LogP contribution in [-0.4, -0.2) is 34.6 Å². The molecule has 0 bridgehead atoms. The number of pyridine rings is 1. The van der Waals surface area contributed by atoms with E-state index in [-0.39, 0.29) is 22.6 Å². The Hall–Kier alpha value is -3.60. The molecular weight excluding hydrogens is 443 g/mol. The van der Waals surface area contributed by atoms with E-state index in [4.69, 9.17) is 14.9 Å². The van der Waals surface area contributed by atoms with Crippen LogP contribution in [-0.2, 0) is 17.4 Å². The Labute approximate surface area is 185 Å². The van der Waals surface area contributed by atoms with Crippen molar-refractivity contribution in [3.8, 4) is 5.75 Å². The van der Waals surface area contributed by atoms with Crippen molar-refractivity contribution in [1.82, 2.24) is 10.3 Å². The van der Waals surface area contributed by atoms with Crippen molar-refractivity contribution in [3.05, 3.63) is 58.6 Å². The zero-order valence-corrected chi connectivity index (χ0v) is 17.4. The number of rotatable bonds is 6. The Bertz CT molecular complexity index is 1240. The van der Waals surface area contributed by atoms with Crippen LogP contribution in [0.25, 0.3) is 11.0 Å². The SMILES string of the molecule is Cc1oc2ccc(OC3CCc4ccnc(C(F)(F)F)c43)cc2c1C(=O)N[C@@H](CO)C(N)=O. The highest BCUT2D eigenvalue weighted by Crippen LogP contribution is 2.42. The van der Waals surface area contributed by atoms with Gasteiger partial charge in [-0.15, -0.1) is 0 Å². The van der Waals surface area contributed by atoms with Gasteiger partial charge in [0.05, 0.1) is 12.2 Å². The van der Waals surface area contributed by atoms with E-state index in [0.717, 1.165) is 6.20 Å². The van der Waals surface area contributed by atoms with Gasteiger partial charge in [-0.1, -0.05) is 0 Å². The predicted molar refractivity (Wildman–Crippen MR) is 109 cm³/mol. The third-order valence-electron chi connectivity index (χ3n) is 5.52. The zero-order chi connectivity index (χ0) is 23.9. The average molecular weight is 463 g/mol. The number of aromatic nitrogens is 1. The fourth-order valence-electron chi connectivity index (χ4n) is 4.02. The Morgan fingerprint density at radius 2 is 2.12 bits per heavy atom. The van der Waals surface area contributed by atoms with Crippen LogP contribution in [0.3, 0.4) is 0 Å². The van der Waals surface area contributed by atoms with Gasteiger partial charge < -0.3 is 25.3 Å². The number of hydrogen-bond donors (Lipinski definition) is 3. The summed E-state index contributed by atoms with van der Waals surface area (Å²) in [4.78, 5) is 27.6. The maximum absolute atomic E-state index is 13.5. The number of halogens is 3. The summed E-state index contributed by atoms with van der Waals surface area (Å²) in [6, 6.07) is 4.82. The standard InChI is InChI=1S/C22H20F3N3O5/c1-10-17(21(31)28-14(9-29)20(26)30)13-8-12(3-5-15(13)32-10)33-16-4-2-11-6-7-27-19(18(11)16)22(23,24)25/h3,5-8,14,16,29H,2,4,9H2,1H3,(H2,26,30)(H,28,31)/t14-,16?/m0/s1. The van der Waals surface area contributed by atoms with Gasteiger partial charge in [-0.2, -0.15) is 13.2 Å². The van der Waals surface area contributed by atoms with Crippen LogP contribution in [0.1, 0.15) is 45.5 Å². The number of nitrogens with one attached hydrogen (secondary N) is 1. The molecule has 1 aromatic carbocycles. The molecule has 8 nitrogen and oxygen atoms in total. The van der Waals surface area contributed by atoms with E-state index in [2.05, 4.69) is 10.3 Å². The number of aryl methyl sites for hydroxylation is 2. The Kier molecular flexibility index (Phi) is 5.75. The van der Waals surface area contributed by atoms with Gasteiger partial charge in [-0.25, -0.2) is 0 Å². The van der Waals surface area contributed by atoms with E-state index in [9.17, 15) is 27.9 Å². The number of ether oxygens (including phenoxy) is 1. The van der Waals surface area contributed by atoms with Crippen molar-refractivity contribution in [1.29, 1.82) is 0 Å². The molecule has 0 fully saturated rings. The molecule has 174 valence electrons. The van der Waals surface area contributed by atoms with Gasteiger partial charge in [0.25, 0.3) is 5.91 Å². The van der Waals surface area contributed by atoms with Gasteiger partial charge in [-0.05, 0) is 49.6 Å². The molecule has 2 aromatic heterocycles. The summed E-state index contributed by atoms with van der Waals surface area (Å²) in [7, 11) is 0. The molecule has 2 heterocycles. The lowest BCUT2D eigenvalue weighted by molar-refractivity contribution is -0.142. The van der Waals surface area contributed by atoms with Crippen molar-refractivity contribution in [2.24, 2.45) is 5.73 Å². The van der Waals surface area contributed by atoms with Crippen LogP contribution >= 0.6 is 0 Å². The van der Waals surface area contributed by atoms with Crippen LogP contribution in [0.15, 0.2) is 34.9 Å². The zero-order valence-electron chi connectivity index (χ0n) is 17.4. The lowest BCUT2D eigenvalue weighted by Crippen LogP contribution is -2.46. The van der Waals surface area contributed by atoms with Crippen molar-refractivity contribution in [2.75, 3.05) is 6.61 Å². The highest BCUT2D eigenvalue weighted by molar-refractivity contribution is 6.08. The molecule has 2 amide bonds. The van der Waals surface area contributed by atoms with E-state index in [1.165, 1.54) is 18.2 Å². The molecule has 33 heavy (non-hydrogen) atoms. The number of amides is 2. The predicted octanol–water partition coefficient (Wildman–Crippen LogP) is 2.80. The average Bonchev–Trinajstić information content (AvgIpc) is 3.30. The molecule has 0 spiro atoms. The first-order valence-electron chi connectivity index (χ1n) is 10.1. The van der Waals surface area contributed by atoms with E-state index < -0.39 is 42.4 Å². The number of furan rings is 1. The number of carbonyl (C=O) groups is 2. The smallest absolute Gasteiger partial charge is 0.433 e. The Morgan fingerprint density at radius 3 is 2.79 bits per heavy atom. The van der Waals surface area contributed by atoms with E-state index in [0.29, 0.717) is 29.4 Å². The molecule has 11 heteroatoms. The largest absolute Gasteiger partial charge is 0.486 e. The third-order valence-corrected chi connectivity index (χ3v) is 5.52. The minimum Gasteiger partial charge on any atom is -0.486 e. The van der Waals surface area contributed by atoms with Gasteiger partial charge in [0.15, 0.2) is 5.69 Å². The summed E-state index contributed by atoms with van der Waals surface area (Å²) in [6.07, 6.45) is -3.57. The summed E-state index contributed by atoms with van der Waals surface area (Å²) in [6.45, 7) is 0.864. The molecule has 2 atom stereocenters. The van der Waals surface area contributed by atoms with Gasteiger partial charge in [0, 0.05) is 17.1 Å². The second kappa shape index (κ2) is 8.39. The monoisotopic (exact) mass is 463 g/mol. The first-order valence-corrected chi connectivity index (χ1v) is 10.1. The number of benzene rings is 1. The topological polar surface area (TPSA) is 128 Å². The van der Waals surface area contributed by atoms with E-state index >= 15 is 0 Å². The molecule has 0 saturated carbocycles. The van der Waals surface area contributed by atoms with Gasteiger partial charge in [0.2, 0.25) is 5.91 Å². The normalized spacial score (nSPS) is 16.5. The number of nitrogens with zero attached hydrogens (tertiary/aromatic N) is 1. The lowest BCUT2D eigenvalue weighted by Gasteiger charge is -2.18. The number of aliphatic hydroxyl groups excluding tert-OH is 1. The summed E-state index contributed by atoms with van der Waals surface area (Å²) in [5.41, 5.74) is 5.17. The number of primary amides is 1. The Balaban J connectivity index is 1.67. The highest BCUT2D eigenvalue weighted by Gasteiger charge is 2.41. The molecule has 0 saturated heterocycles. The maximum atomic E-state index is 13.5. The van der Waals surface area contributed by atoms with Crippen LogP contribution in [0, 0.1) is 6.92 Å². The second-order valence-electron chi connectivity index (χ2n) is 7.68. The van der Waals surface area contributed by atoms with Crippen LogP contribution < -0.4 is 15.8 Å². The Morgan fingerprint density at radius 1 is 1.36 bits per heavy atom. The molecule has 1 aliphatic carbocycles. The summed E-state index contributed by atoms with van der Waals surface area (Å²) in [5, 5.41) is 11.9. The van der Waals surface area contributed by atoms with Crippen LogP contribution in [0.2, 0.25) is 0 Å². The quantitative estimate of drug-likeness (QED) is 0.516. The van der Waals surface area contributed by atoms with E-state index in [1.54, 1.807) is 13.0 Å². The van der Waals surface area contributed by atoms with Gasteiger partial charge >= 0.3 is 6.18 Å².